The summed E-state index contributed by atoms with van der Waals surface area (Å²) in [5, 5.41) is 4.80. The van der Waals surface area contributed by atoms with Crippen LogP contribution in [0, 0.1) is 5.92 Å². The van der Waals surface area contributed by atoms with Gasteiger partial charge in [-0.25, -0.2) is 4.98 Å². The highest BCUT2D eigenvalue weighted by Crippen LogP contribution is 2.27. The third-order valence-corrected chi connectivity index (χ3v) is 5.96. The van der Waals surface area contributed by atoms with E-state index < -0.39 is 0 Å². The van der Waals surface area contributed by atoms with Crippen LogP contribution in [0.15, 0.2) is 60.2 Å². The maximum Gasteiger partial charge on any atom is 0.193 e. The Morgan fingerprint density at radius 3 is 2.97 bits per heavy atom. The minimum absolute atomic E-state index is 0.446. The molecule has 1 aromatic carbocycles. The largest absolute Gasteiger partial charge is 0.357 e. The summed E-state index contributed by atoms with van der Waals surface area (Å²) in [7, 11) is 0. The minimum Gasteiger partial charge on any atom is -0.357 e. The van der Waals surface area contributed by atoms with Crippen LogP contribution >= 0.6 is 0 Å². The molecule has 0 spiro atoms. The van der Waals surface area contributed by atoms with Crippen molar-refractivity contribution in [3.63, 3.8) is 0 Å². The Labute approximate surface area is 173 Å². The van der Waals surface area contributed by atoms with Gasteiger partial charge in [0.05, 0.1) is 12.4 Å². The molecule has 0 saturated carbocycles. The topological polar surface area (TPSA) is 50.4 Å². The molecule has 3 heterocycles. The molecule has 29 heavy (non-hydrogen) atoms. The van der Waals surface area contributed by atoms with Gasteiger partial charge in [-0.1, -0.05) is 25.1 Å². The van der Waals surface area contributed by atoms with E-state index in [1.807, 2.05) is 12.5 Å². The number of aromatic nitrogens is 3. The minimum atomic E-state index is 0.446. The van der Waals surface area contributed by atoms with Crippen molar-refractivity contribution in [3.8, 4) is 0 Å². The van der Waals surface area contributed by atoms with Crippen LogP contribution in [-0.4, -0.2) is 51.2 Å². The molecule has 2 unspecified atom stereocenters. The lowest BCUT2D eigenvalue weighted by Crippen LogP contribution is -2.49. The number of para-hydroxylation sites is 1. The number of rotatable bonds is 6. The number of aryl methyl sites for hydroxylation is 1. The van der Waals surface area contributed by atoms with Crippen LogP contribution in [0.4, 0.5) is 0 Å². The van der Waals surface area contributed by atoms with Gasteiger partial charge in [0.15, 0.2) is 5.96 Å². The van der Waals surface area contributed by atoms with Crippen LogP contribution in [0.25, 0.3) is 10.9 Å². The number of piperidine rings is 1. The maximum absolute atomic E-state index is 4.95. The third-order valence-electron chi connectivity index (χ3n) is 5.96. The molecule has 1 aliphatic heterocycles. The lowest BCUT2D eigenvalue weighted by atomic mass is 9.93. The fourth-order valence-corrected chi connectivity index (χ4v) is 4.28. The molecule has 0 bridgehead atoms. The van der Waals surface area contributed by atoms with Crippen molar-refractivity contribution >= 4 is 16.9 Å². The summed E-state index contributed by atoms with van der Waals surface area (Å²) in [5.41, 5.74) is 1.30. The van der Waals surface area contributed by atoms with Gasteiger partial charge in [0.25, 0.3) is 0 Å². The van der Waals surface area contributed by atoms with E-state index in [2.05, 4.69) is 80.9 Å². The van der Waals surface area contributed by atoms with Crippen LogP contribution in [0.2, 0.25) is 0 Å². The van der Waals surface area contributed by atoms with Crippen molar-refractivity contribution in [1.82, 2.24) is 24.3 Å². The van der Waals surface area contributed by atoms with Gasteiger partial charge in [-0.15, -0.1) is 0 Å². The van der Waals surface area contributed by atoms with E-state index >= 15 is 0 Å². The van der Waals surface area contributed by atoms with Crippen molar-refractivity contribution in [2.24, 2.45) is 10.9 Å². The number of nitrogens with zero attached hydrogens (tertiary/aromatic N) is 5. The lowest BCUT2D eigenvalue weighted by Gasteiger charge is -2.39. The molecule has 0 aliphatic carbocycles. The van der Waals surface area contributed by atoms with Crippen LogP contribution < -0.4 is 5.32 Å². The fourth-order valence-electron chi connectivity index (χ4n) is 4.28. The molecule has 1 saturated heterocycles. The summed E-state index contributed by atoms with van der Waals surface area (Å²) < 4.78 is 4.58. The number of aliphatic imine (C=N–C) groups is 1. The standard InChI is InChI=1S/C23H32N6/c1-3-25-23(28-14-9-19(2)22(17-28)29-16-12-24-18-29)26-11-6-13-27-15-10-20-7-4-5-8-21(20)27/h4-5,7-8,10,12,15-16,18-19,22H,3,6,9,11,13-14,17H2,1-2H3,(H,25,26). The summed E-state index contributed by atoms with van der Waals surface area (Å²) in [4.78, 5) is 11.6. The number of nitrogens with one attached hydrogen (secondary N) is 1. The average Bonchev–Trinajstić information content (AvgIpc) is 3.41. The molecule has 1 aliphatic rings. The first-order chi connectivity index (χ1) is 14.3. The Morgan fingerprint density at radius 2 is 2.14 bits per heavy atom. The molecular formula is C23H32N6. The molecule has 1 fully saturated rings. The molecular weight excluding hydrogens is 360 g/mol. The van der Waals surface area contributed by atoms with Gasteiger partial charge in [-0.05, 0) is 43.2 Å². The Balaban J connectivity index is 1.38. The van der Waals surface area contributed by atoms with Gasteiger partial charge >= 0.3 is 0 Å². The number of hydrogen-bond acceptors (Lipinski definition) is 2. The highest BCUT2D eigenvalue weighted by atomic mass is 15.3. The molecule has 0 amide bonds. The van der Waals surface area contributed by atoms with E-state index in [0.29, 0.717) is 12.0 Å². The second-order valence-electron chi connectivity index (χ2n) is 7.95. The summed E-state index contributed by atoms with van der Waals surface area (Å²) in [5.74, 6) is 1.69. The van der Waals surface area contributed by atoms with Crippen LogP contribution in [0.3, 0.4) is 0 Å². The molecule has 6 nitrogen and oxygen atoms in total. The normalized spacial score (nSPS) is 20.3. The van der Waals surface area contributed by atoms with Crippen LogP contribution in [0.1, 0.15) is 32.7 Å². The molecule has 1 N–H and O–H groups in total. The van der Waals surface area contributed by atoms with Gasteiger partial charge in [0.2, 0.25) is 0 Å². The Morgan fingerprint density at radius 1 is 1.24 bits per heavy atom. The summed E-state index contributed by atoms with van der Waals surface area (Å²) >= 11 is 0. The molecule has 6 heteroatoms. The maximum atomic E-state index is 4.95. The zero-order valence-electron chi connectivity index (χ0n) is 17.5. The van der Waals surface area contributed by atoms with Crippen molar-refractivity contribution in [3.05, 3.63) is 55.2 Å². The zero-order valence-corrected chi connectivity index (χ0v) is 17.5. The second-order valence-corrected chi connectivity index (χ2v) is 7.95. The number of hydrogen-bond donors (Lipinski definition) is 1. The van der Waals surface area contributed by atoms with E-state index in [1.54, 1.807) is 0 Å². The van der Waals surface area contributed by atoms with Crippen molar-refractivity contribution < 1.29 is 0 Å². The number of guanidine groups is 1. The first-order valence-corrected chi connectivity index (χ1v) is 10.8. The molecule has 3 aromatic rings. The summed E-state index contributed by atoms with van der Waals surface area (Å²) in [6.45, 7) is 9.23. The molecule has 2 aromatic heterocycles. The smallest absolute Gasteiger partial charge is 0.193 e. The summed E-state index contributed by atoms with van der Waals surface area (Å²) in [6, 6.07) is 11.2. The quantitative estimate of drug-likeness (QED) is 0.395. The lowest BCUT2D eigenvalue weighted by molar-refractivity contribution is 0.189. The third kappa shape index (κ3) is 4.47. The van der Waals surface area contributed by atoms with Crippen LogP contribution in [-0.2, 0) is 6.54 Å². The van der Waals surface area contributed by atoms with Gasteiger partial charge in [-0.2, -0.15) is 0 Å². The number of imidazole rings is 1. The monoisotopic (exact) mass is 392 g/mol. The van der Waals surface area contributed by atoms with Gasteiger partial charge in [-0.3, -0.25) is 4.99 Å². The van der Waals surface area contributed by atoms with Crippen molar-refractivity contribution in [2.75, 3.05) is 26.2 Å². The molecule has 0 radical (unpaired) electrons. The second kappa shape index (κ2) is 9.16. The van der Waals surface area contributed by atoms with Gasteiger partial charge in [0, 0.05) is 56.8 Å². The molecule has 154 valence electrons. The number of likely N-dealkylation sites (tertiary alicyclic amines) is 1. The van der Waals surface area contributed by atoms with Crippen LogP contribution in [0.5, 0.6) is 0 Å². The highest BCUT2D eigenvalue weighted by molar-refractivity contribution is 5.80. The zero-order chi connectivity index (χ0) is 20.1. The van der Waals surface area contributed by atoms with E-state index in [4.69, 9.17) is 4.99 Å². The van der Waals surface area contributed by atoms with Gasteiger partial charge in [0.1, 0.15) is 0 Å². The Bertz CT molecular complexity index is 926. The first kappa shape index (κ1) is 19.6. The van der Waals surface area contributed by atoms with E-state index in [1.165, 1.54) is 17.3 Å². The number of fused-ring (bicyclic) bond motifs is 1. The SMILES string of the molecule is CCNC(=NCCCn1ccc2ccccc21)N1CCC(C)C(n2ccnc2)C1. The Hall–Kier alpha value is -2.76. The van der Waals surface area contributed by atoms with E-state index in [9.17, 15) is 0 Å². The van der Waals surface area contributed by atoms with Gasteiger partial charge < -0.3 is 19.4 Å². The van der Waals surface area contributed by atoms with Crippen molar-refractivity contribution in [2.45, 2.75) is 39.3 Å². The van der Waals surface area contributed by atoms with E-state index in [0.717, 1.165) is 45.1 Å². The molecule has 2 atom stereocenters. The predicted molar refractivity (Wildman–Crippen MR) is 119 cm³/mol. The average molecular weight is 393 g/mol. The number of benzene rings is 1. The van der Waals surface area contributed by atoms with Crippen molar-refractivity contribution in [1.29, 1.82) is 0 Å². The predicted octanol–water partition coefficient (Wildman–Crippen LogP) is 3.78. The molecule has 4 rings (SSSR count). The van der Waals surface area contributed by atoms with E-state index in [-0.39, 0.29) is 0 Å². The highest BCUT2D eigenvalue weighted by Gasteiger charge is 2.28. The fraction of sp³-hybridized carbons (Fsp3) is 0.478. The first-order valence-electron chi connectivity index (χ1n) is 10.8. The summed E-state index contributed by atoms with van der Waals surface area (Å²) in [6.07, 6.45) is 10.3. The Kier molecular flexibility index (Phi) is 6.17.